The largest absolute Gasteiger partial charge is 0.347 e. The summed E-state index contributed by atoms with van der Waals surface area (Å²) in [6.07, 6.45) is 19.1. The Hall–Kier alpha value is -4.24. The fourth-order valence-corrected chi connectivity index (χ4v) is 7.95. The van der Waals surface area contributed by atoms with Gasteiger partial charge in [-0.1, -0.05) is 79.6 Å². The molecule has 204 valence electrons. The van der Waals surface area contributed by atoms with E-state index in [9.17, 15) is 0 Å². The monoisotopic (exact) mass is 536 g/mol. The first-order valence-electron chi connectivity index (χ1n) is 14.9. The van der Waals surface area contributed by atoms with E-state index in [1.54, 1.807) is 0 Å². The molecule has 1 aliphatic carbocycles. The van der Waals surface area contributed by atoms with Gasteiger partial charge in [0, 0.05) is 59.9 Å². The van der Waals surface area contributed by atoms with Gasteiger partial charge in [0.05, 0.1) is 5.41 Å². The molecule has 0 radical (unpaired) electrons. The Morgan fingerprint density at radius 3 is 2.49 bits per heavy atom. The number of hydrogen-bond acceptors (Lipinski definition) is 2. The van der Waals surface area contributed by atoms with Gasteiger partial charge in [-0.2, -0.15) is 4.58 Å². The Balaban J connectivity index is 1.21. The molecule has 3 nitrogen and oxygen atoms in total. The minimum absolute atomic E-state index is 0.113. The standard InChI is InChI=1S/C38H38N3/c1-37(27-29-16-11-14-26-39-29)31-18-9-10-19-32(31)40(2)34(37)20-5-4-6-21-35-38(24-12-13-25-38)36-30-17-8-7-15-28(30)22-23-33(36)41(35)3/h4-11,14-23,26H,12-13,24-25,27H2,1-3H3/q+1. The lowest BCUT2D eigenvalue weighted by Gasteiger charge is -2.28. The molecule has 0 saturated heterocycles. The lowest BCUT2D eigenvalue weighted by molar-refractivity contribution is -0.401. The quantitative estimate of drug-likeness (QED) is 0.188. The summed E-state index contributed by atoms with van der Waals surface area (Å²) < 4.78 is 2.45. The Bertz CT molecular complexity index is 1750. The second-order valence-corrected chi connectivity index (χ2v) is 12.1. The molecule has 3 heterocycles. The predicted molar refractivity (Wildman–Crippen MR) is 171 cm³/mol. The number of para-hydroxylation sites is 1. The van der Waals surface area contributed by atoms with Crippen LogP contribution in [0.5, 0.6) is 0 Å². The van der Waals surface area contributed by atoms with Gasteiger partial charge in [0.2, 0.25) is 5.69 Å². The van der Waals surface area contributed by atoms with Gasteiger partial charge in [-0.15, -0.1) is 0 Å². The summed E-state index contributed by atoms with van der Waals surface area (Å²) in [5.41, 5.74) is 9.35. The average Bonchev–Trinajstić information content (AvgIpc) is 3.64. The highest BCUT2D eigenvalue weighted by Crippen LogP contribution is 2.52. The van der Waals surface area contributed by atoms with Crippen molar-refractivity contribution in [3.63, 3.8) is 0 Å². The zero-order valence-electron chi connectivity index (χ0n) is 24.3. The third kappa shape index (κ3) is 4.01. The molecular formula is C38H38N3+. The van der Waals surface area contributed by atoms with Crippen LogP contribution < -0.4 is 4.90 Å². The Labute approximate surface area is 243 Å². The molecule has 1 saturated carbocycles. The number of nitrogens with zero attached hydrogens (tertiary/aromatic N) is 3. The van der Waals surface area contributed by atoms with Gasteiger partial charge in [0.1, 0.15) is 7.05 Å². The average molecular weight is 537 g/mol. The van der Waals surface area contributed by atoms with Gasteiger partial charge in [-0.3, -0.25) is 4.98 Å². The number of allylic oxidation sites excluding steroid dienone is 6. The molecule has 0 bridgehead atoms. The number of hydrogen-bond donors (Lipinski definition) is 0. The van der Waals surface area contributed by atoms with E-state index in [4.69, 9.17) is 0 Å². The first-order chi connectivity index (χ1) is 20.0. The van der Waals surface area contributed by atoms with Crippen LogP contribution in [0.25, 0.3) is 10.8 Å². The summed E-state index contributed by atoms with van der Waals surface area (Å²) in [6, 6.07) is 28.5. The van der Waals surface area contributed by atoms with Crippen LogP contribution >= 0.6 is 0 Å². The highest BCUT2D eigenvalue weighted by molar-refractivity contribution is 6.08. The van der Waals surface area contributed by atoms with Crippen LogP contribution in [0.4, 0.5) is 11.4 Å². The van der Waals surface area contributed by atoms with Crippen molar-refractivity contribution in [2.24, 2.45) is 0 Å². The van der Waals surface area contributed by atoms with E-state index in [-0.39, 0.29) is 10.8 Å². The van der Waals surface area contributed by atoms with Crippen LogP contribution in [-0.2, 0) is 17.3 Å². The van der Waals surface area contributed by atoms with Gasteiger partial charge in [-0.05, 0) is 66.4 Å². The van der Waals surface area contributed by atoms with Crippen LogP contribution in [0.2, 0.25) is 0 Å². The second-order valence-electron chi connectivity index (χ2n) is 12.1. The van der Waals surface area contributed by atoms with Gasteiger partial charge in [0.25, 0.3) is 0 Å². The number of likely N-dealkylation sites (N-methyl/N-ethyl adjacent to an activating group) is 1. The highest BCUT2D eigenvalue weighted by Gasteiger charge is 2.52. The molecule has 4 aromatic rings. The zero-order chi connectivity index (χ0) is 28.0. The van der Waals surface area contributed by atoms with E-state index in [1.807, 2.05) is 12.3 Å². The fourth-order valence-electron chi connectivity index (χ4n) is 7.95. The van der Waals surface area contributed by atoms with Crippen molar-refractivity contribution < 1.29 is 4.58 Å². The maximum atomic E-state index is 4.67. The van der Waals surface area contributed by atoms with Crippen molar-refractivity contribution in [2.75, 3.05) is 19.0 Å². The molecule has 3 aliphatic rings. The molecule has 3 aromatic carbocycles. The number of pyridine rings is 1. The van der Waals surface area contributed by atoms with E-state index >= 15 is 0 Å². The van der Waals surface area contributed by atoms with Crippen molar-refractivity contribution in [1.82, 2.24) is 4.98 Å². The molecule has 1 spiro atoms. The molecule has 41 heavy (non-hydrogen) atoms. The Kier molecular flexibility index (Phi) is 6.27. The maximum Gasteiger partial charge on any atom is 0.210 e. The number of fused-ring (bicyclic) bond motifs is 5. The van der Waals surface area contributed by atoms with Crippen molar-refractivity contribution in [3.8, 4) is 0 Å². The van der Waals surface area contributed by atoms with Crippen molar-refractivity contribution >= 4 is 27.9 Å². The van der Waals surface area contributed by atoms with Gasteiger partial charge >= 0.3 is 0 Å². The zero-order valence-corrected chi connectivity index (χ0v) is 24.3. The summed E-state index contributed by atoms with van der Waals surface area (Å²) in [4.78, 5) is 7.02. The van der Waals surface area contributed by atoms with Crippen molar-refractivity contribution in [1.29, 1.82) is 0 Å². The van der Waals surface area contributed by atoms with Crippen LogP contribution in [0.15, 0.2) is 121 Å². The maximum absolute atomic E-state index is 4.67. The number of rotatable bonds is 5. The van der Waals surface area contributed by atoms with Crippen molar-refractivity contribution in [3.05, 3.63) is 138 Å². The molecule has 7 rings (SSSR count). The molecule has 0 amide bonds. The summed E-state index contributed by atoms with van der Waals surface area (Å²) in [7, 11) is 4.44. The Morgan fingerprint density at radius 2 is 1.66 bits per heavy atom. The molecule has 2 aliphatic heterocycles. The summed E-state index contributed by atoms with van der Waals surface area (Å²) >= 11 is 0. The lowest BCUT2D eigenvalue weighted by Crippen LogP contribution is -2.30. The molecule has 1 atom stereocenters. The lowest BCUT2D eigenvalue weighted by atomic mass is 9.74. The minimum Gasteiger partial charge on any atom is -0.347 e. The SMILES string of the molecule is CN1C(=CC=CC=CC2=[N+](C)c3ccc4ccccc4c3C23CCCC3)C(C)(Cc2ccccn2)c2ccccc21. The van der Waals surface area contributed by atoms with E-state index in [2.05, 4.69) is 139 Å². The summed E-state index contributed by atoms with van der Waals surface area (Å²) in [5.74, 6) is 0. The minimum atomic E-state index is -0.148. The molecule has 0 N–H and O–H groups in total. The summed E-state index contributed by atoms with van der Waals surface area (Å²) in [6.45, 7) is 2.36. The molecule has 1 aromatic heterocycles. The van der Waals surface area contributed by atoms with Gasteiger partial charge < -0.3 is 4.90 Å². The van der Waals surface area contributed by atoms with E-state index in [0.717, 1.165) is 12.1 Å². The molecule has 1 fully saturated rings. The van der Waals surface area contributed by atoms with Gasteiger partial charge in [-0.25, -0.2) is 0 Å². The van der Waals surface area contributed by atoms with E-state index in [0.29, 0.717) is 0 Å². The van der Waals surface area contributed by atoms with Gasteiger partial charge in [0.15, 0.2) is 5.71 Å². The van der Waals surface area contributed by atoms with Crippen LogP contribution in [0.1, 0.15) is 49.4 Å². The van der Waals surface area contributed by atoms with Crippen LogP contribution in [0, 0.1) is 0 Å². The van der Waals surface area contributed by atoms with Crippen LogP contribution in [-0.4, -0.2) is 29.4 Å². The Morgan fingerprint density at radius 1 is 0.878 bits per heavy atom. The van der Waals surface area contributed by atoms with E-state index < -0.39 is 0 Å². The third-order valence-electron chi connectivity index (χ3n) is 9.83. The predicted octanol–water partition coefficient (Wildman–Crippen LogP) is 8.42. The molecular weight excluding hydrogens is 498 g/mol. The molecule has 1 unspecified atom stereocenters. The van der Waals surface area contributed by atoms with Crippen molar-refractivity contribution in [2.45, 2.75) is 49.9 Å². The first-order valence-corrected chi connectivity index (χ1v) is 14.9. The highest BCUT2D eigenvalue weighted by atomic mass is 15.2. The fraction of sp³-hybridized carbons (Fsp3) is 0.263. The normalized spacial score (nSPS) is 22.2. The number of benzene rings is 3. The number of anilines is 1. The second kappa shape index (κ2) is 9.99. The summed E-state index contributed by atoms with van der Waals surface area (Å²) in [5, 5.41) is 2.76. The smallest absolute Gasteiger partial charge is 0.210 e. The first kappa shape index (κ1) is 25.7. The topological polar surface area (TPSA) is 19.1 Å². The van der Waals surface area contributed by atoms with E-state index in [1.165, 1.54) is 70.4 Å². The number of aromatic nitrogens is 1. The molecule has 3 heteroatoms. The van der Waals surface area contributed by atoms with Crippen LogP contribution in [0.3, 0.4) is 0 Å². The third-order valence-corrected chi connectivity index (χ3v) is 9.83.